The maximum Gasteiger partial charge on any atom is 0.337 e. The number of rotatable bonds is 2. The second-order valence-corrected chi connectivity index (χ2v) is 4.28. The van der Waals surface area contributed by atoms with E-state index in [2.05, 4.69) is 16.6 Å². The van der Waals surface area contributed by atoms with Gasteiger partial charge in [-0.15, -0.1) is 0 Å². The van der Waals surface area contributed by atoms with E-state index < -0.39 is 5.97 Å². The number of nitrogens with two attached hydrogens (primary N) is 1. The fraction of sp³-hybridized carbons (Fsp3) is 0.118. The van der Waals surface area contributed by atoms with Crippen molar-refractivity contribution in [3.8, 4) is 17.6 Å². The van der Waals surface area contributed by atoms with E-state index in [1.165, 1.54) is 7.11 Å². The summed E-state index contributed by atoms with van der Waals surface area (Å²) in [5.74, 6) is 6.28. The number of carbonyl (C=O) groups excluding carboxylic acids is 1. The van der Waals surface area contributed by atoms with Crippen molar-refractivity contribution in [2.45, 2.75) is 0 Å². The van der Waals surface area contributed by atoms with Gasteiger partial charge in [-0.1, -0.05) is 17.9 Å². The first-order valence-electron chi connectivity index (χ1n) is 6.28. The Balaban J connectivity index is 2.35. The molecule has 0 aliphatic carbocycles. The monoisotopic (exact) mass is 281 g/mol. The van der Waals surface area contributed by atoms with Crippen LogP contribution in [-0.2, 0) is 4.74 Å². The van der Waals surface area contributed by atoms with Gasteiger partial charge in [0.15, 0.2) is 0 Å². The first-order valence-corrected chi connectivity index (χ1v) is 6.28. The molecule has 4 heteroatoms. The Morgan fingerprint density at radius 3 is 2.62 bits per heavy atom. The maximum atomic E-state index is 11.5. The van der Waals surface area contributed by atoms with Crippen LogP contribution in [0.2, 0.25) is 0 Å². The molecule has 0 amide bonds. The van der Waals surface area contributed by atoms with Gasteiger partial charge in [0.2, 0.25) is 0 Å². The number of methoxy groups -OCH3 is 2. The molecule has 106 valence electrons. The Kier molecular flexibility index (Phi) is 4.47. The van der Waals surface area contributed by atoms with E-state index in [9.17, 15) is 4.79 Å². The molecule has 0 aliphatic heterocycles. The molecule has 2 aromatic rings. The summed E-state index contributed by atoms with van der Waals surface area (Å²) in [6.45, 7) is 0. The number of esters is 1. The van der Waals surface area contributed by atoms with Crippen LogP contribution in [0.5, 0.6) is 5.75 Å². The Hall–Kier alpha value is -2.93. The molecule has 0 saturated heterocycles. The predicted molar refractivity (Wildman–Crippen MR) is 81.2 cm³/mol. The Morgan fingerprint density at radius 2 is 1.90 bits per heavy atom. The summed E-state index contributed by atoms with van der Waals surface area (Å²) >= 11 is 0. The number of nitrogen functional groups attached to an aromatic ring is 1. The molecular formula is C17H15NO3. The van der Waals surface area contributed by atoms with Gasteiger partial charge in [0, 0.05) is 16.8 Å². The van der Waals surface area contributed by atoms with Gasteiger partial charge in [-0.3, -0.25) is 0 Å². The molecule has 2 rings (SSSR count). The van der Waals surface area contributed by atoms with Crippen LogP contribution >= 0.6 is 0 Å². The van der Waals surface area contributed by atoms with Crippen LogP contribution in [0.25, 0.3) is 0 Å². The number of ether oxygens (including phenoxy) is 2. The van der Waals surface area contributed by atoms with Crippen LogP contribution in [0.15, 0.2) is 42.5 Å². The summed E-state index contributed by atoms with van der Waals surface area (Å²) in [5, 5.41) is 0. The van der Waals surface area contributed by atoms with Crippen molar-refractivity contribution in [1.29, 1.82) is 0 Å². The van der Waals surface area contributed by atoms with Crippen LogP contribution in [0.3, 0.4) is 0 Å². The normalized spacial score (nSPS) is 9.43. The molecule has 21 heavy (non-hydrogen) atoms. The minimum absolute atomic E-state index is 0.417. The summed E-state index contributed by atoms with van der Waals surface area (Å²) in [5.41, 5.74) is 8.19. The number of anilines is 1. The summed E-state index contributed by atoms with van der Waals surface area (Å²) in [6.07, 6.45) is 0. The van der Waals surface area contributed by atoms with Gasteiger partial charge in [-0.25, -0.2) is 4.79 Å². The number of hydrogen-bond donors (Lipinski definition) is 1. The molecule has 0 unspecified atom stereocenters. The standard InChI is InChI=1S/C17H15NO3/c1-20-15-5-3-4-12(10-15)6-7-13-11-14(17(19)21-2)8-9-16(13)18/h3-5,8-11H,18H2,1-2H3. The van der Waals surface area contributed by atoms with Crippen molar-refractivity contribution in [3.63, 3.8) is 0 Å². The van der Waals surface area contributed by atoms with Crippen molar-refractivity contribution < 1.29 is 14.3 Å². The third-order valence-corrected chi connectivity index (χ3v) is 2.89. The van der Waals surface area contributed by atoms with Crippen molar-refractivity contribution >= 4 is 11.7 Å². The average molecular weight is 281 g/mol. The van der Waals surface area contributed by atoms with Gasteiger partial charge in [0.25, 0.3) is 0 Å². The minimum Gasteiger partial charge on any atom is -0.497 e. The van der Waals surface area contributed by atoms with Gasteiger partial charge in [0.05, 0.1) is 19.8 Å². The van der Waals surface area contributed by atoms with E-state index in [1.807, 2.05) is 24.3 Å². The largest absolute Gasteiger partial charge is 0.497 e. The number of hydrogen-bond acceptors (Lipinski definition) is 4. The van der Waals surface area contributed by atoms with Crippen molar-refractivity contribution in [2.75, 3.05) is 20.0 Å². The predicted octanol–water partition coefficient (Wildman–Crippen LogP) is 2.46. The zero-order valence-corrected chi connectivity index (χ0v) is 11.8. The highest BCUT2D eigenvalue weighted by Crippen LogP contribution is 2.15. The van der Waals surface area contributed by atoms with Gasteiger partial charge in [0.1, 0.15) is 5.75 Å². The van der Waals surface area contributed by atoms with E-state index in [1.54, 1.807) is 25.3 Å². The molecular weight excluding hydrogens is 266 g/mol. The van der Waals surface area contributed by atoms with Crippen LogP contribution in [0.1, 0.15) is 21.5 Å². The second-order valence-electron chi connectivity index (χ2n) is 4.28. The summed E-state index contributed by atoms with van der Waals surface area (Å²) in [4.78, 5) is 11.5. The van der Waals surface area contributed by atoms with Gasteiger partial charge in [-0.2, -0.15) is 0 Å². The van der Waals surface area contributed by atoms with Crippen molar-refractivity contribution in [3.05, 3.63) is 59.2 Å². The van der Waals surface area contributed by atoms with Crippen LogP contribution < -0.4 is 10.5 Å². The third-order valence-electron chi connectivity index (χ3n) is 2.89. The van der Waals surface area contributed by atoms with Gasteiger partial charge >= 0.3 is 5.97 Å². The van der Waals surface area contributed by atoms with Gasteiger partial charge < -0.3 is 15.2 Å². The van der Waals surface area contributed by atoms with E-state index in [4.69, 9.17) is 10.5 Å². The lowest BCUT2D eigenvalue weighted by atomic mass is 10.1. The molecule has 0 spiro atoms. The molecule has 0 bridgehead atoms. The lowest BCUT2D eigenvalue weighted by molar-refractivity contribution is 0.0600. The molecule has 0 saturated carbocycles. The van der Waals surface area contributed by atoms with Crippen LogP contribution in [-0.4, -0.2) is 20.2 Å². The second kappa shape index (κ2) is 6.49. The van der Waals surface area contributed by atoms with E-state index in [-0.39, 0.29) is 0 Å². The lowest BCUT2D eigenvalue weighted by Crippen LogP contribution is -2.02. The first kappa shape index (κ1) is 14.5. The van der Waals surface area contributed by atoms with E-state index in [0.29, 0.717) is 16.8 Å². The molecule has 0 radical (unpaired) electrons. The Bertz CT molecular complexity index is 726. The molecule has 0 aromatic heterocycles. The fourth-order valence-electron chi connectivity index (χ4n) is 1.75. The lowest BCUT2D eigenvalue weighted by Gasteiger charge is -2.02. The van der Waals surface area contributed by atoms with Crippen molar-refractivity contribution in [2.24, 2.45) is 0 Å². The molecule has 0 fully saturated rings. The highest BCUT2D eigenvalue weighted by atomic mass is 16.5. The quantitative estimate of drug-likeness (QED) is 0.522. The van der Waals surface area contributed by atoms with Gasteiger partial charge in [-0.05, 0) is 36.4 Å². The summed E-state index contributed by atoms with van der Waals surface area (Å²) in [6, 6.07) is 12.3. The fourth-order valence-corrected chi connectivity index (χ4v) is 1.75. The van der Waals surface area contributed by atoms with Crippen molar-refractivity contribution in [1.82, 2.24) is 0 Å². The maximum absolute atomic E-state index is 11.5. The van der Waals surface area contributed by atoms with E-state index in [0.717, 1.165) is 11.3 Å². The molecule has 4 nitrogen and oxygen atoms in total. The average Bonchev–Trinajstić information content (AvgIpc) is 2.53. The Morgan fingerprint density at radius 1 is 1.10 bits per heavy atom. The zero-order chi connectivity index (χ0) is 15.2. The van der Waals surface area contributed by atoms with Crippen LogP contribution in [0, 0.1) is 11.8 Å². The SMILES string of the molecule is COC(=O)c1ccc(N)c(C#Cc2cccc(OC)c2)c1. The molecule has 0 aliphatic rings. The molecule has 2 N–H and O–H groups in total. The first-order chi connectivity index (χ1) is 10.1. The number of benzene rings is 2. The molecule has 0 heterocycles. The summed E-state index contributed by atoms with van der Waals surface area (Å²) < 4.78 is 9.82. The Labute approximate surface area is 123 Å². The van der Waals surface area contributed by atoms with Crippen LogP contribution in [0.4, 0.5) is 5.69 Å². The third kappa shape index (κ3) is 3.54. The molecule has 0 atom stereocenters. The smallest absolute Gasteiger partial charge is 0.337 e. The minimum atomic E-state index is -0.417. The highest BCUT2D eigenvalue weighted by molar-refractivity contribution is 5.90. The zero-order valence-electron chi connectivity index (χ0n) is 11.8. The van der Waals surface area contributed by atoms with E-state index >= 15 is 0 Å². The number of carbonyl (C=O) groups is 1. The summed E-state index contributed by atoms with van der Waals surface area (Å²) in [7, 11) is 2.94. The highest BCUT2D eigenvalue weighted by Gasteiger charge is 2.07. The molecule has 2 aromatic carbocycles. The topological polar surface area (TPSA) is 61.5 Å².